The van der Waals surface area contributed by atoms with Crippen molar-refractivity contribution in [3.05, 3.63) is 11.8 Å². The number of nitrogens with zero attached hydrogens (tertiary/aromatic N) is 1. The van der Waals surface area contributed by atoms with Gasteiger partial charge in [0.1, 0.15) is 5.71 Å². The van der Waals surface area contributed by atoms with E-state index in [2.05, 4.69) is 24.2 Å². The number of carbonyl (C=O) groups is 2. The molecule has 1 aliphatic rings. The zero-order chi connectivity index (χ0) is 13.4. The van der Waals surface area contributed by atoms with Gasteiger partial charge in [-0.2, -0.15) is 0 Å². The molecule has 0 unspecified atom stereocenters. The summed E-state index contributed by atoms with van der Waals surface area (Å²) in [5, 5.41) is 3.09. The molecule has 0 spiro atoms. The molecule has 0 aromatic carbocycles. The van der Waals surface area contributed by atoms with Gasteiger partial charge in [-0.3, -0.25) is 14.6 Å². The first-order valence-corrected chi connectivity index (χ1v) is 6.75. The summed E-state index contributed by atoms with van der Waals surface area (Å²) in [5.74, 6) is -0.275. The lowest BCUT2D eigenvalue weighted by Gasteiger charge is -2.14. The average Bonchev–Trinajstić information content (AvgIpc) is 2.34. The van der Waals surface area contributed by atoms with Gasteiger partial charge in [0.05, 0.1) is 12.1 Å². The fourth-order valence-electron chi connectivity index (χ4n) is 1.67. The third-order valence-corrected chi connectivity index (χ3v) is 2.83. The first kappa shape index (κ1) is 14.6. The minimum absolute atomic E-state index is 0.0457. The molecule has 1 aliphatic carbocycles. The van der Waals surface area contributed by atoms with Crippen molar-refractivity contribution < 1.29 is 9.59 Å². The van der Waals surface area contributed by atoms with Crippen LogP contribution in [0.25, 0.3) is 0 Å². The number of carbonyl (C=O) groups excluding carboxylic acids is 2. The van der Waals surface area contributed by atoms with Gasteiger partial charge in [-0.15, -0.1) is 0 Å². The van der Waals surface area contributed by atoms with Crippen molar-refractivity contribution in [2.45, 2.75) is 46.0 Å². The summed E-state index contributed by atoms with van der Waals surface area (Å²) in [7, 11) is 0. The van der Waals surface area contributed by atoms with E-state index < -0.39 is 0 Å². The van der Waals surface area contributed by atoms with Crippen LogP contribution in [0.15, 0.2) is 16.8 Å². The number of nitrogens with one attached hydrogen (secondary N) is 1. The van der Waals surface area contributed by atoms with Gasteiger partial charge in [-0.25, -0.2) is 0 Å². The second-order valence-electron chi connectivity index (χ2n) is 4.48. The van der Waals surface area contributed by atoms with E-state index in [1.54, 1.807) is 6.08 Å². The van der Waals surface area contributed by atoms with E-state index in [0.717, 1.165) is 32.2 Å². The lowest BCUT2D eigenvalue weighted by atomic mass is 10.00. The first-order valence-electron chi connectivity index (χ1n) is 6.75. The summed E-state index contributed by atoms with van der Waals surface area (Å²) in [6.07, 6.45) is 5.67. The molecule has 0 aromatic heterocycles. The van der Waals surface area contributed by atoms with Crippen molar-refractivity contribution in [3.8, 4) is 0 Å². The fraction of sp³-hybridized carbons (Fsp3) is 0.643. The van der Waals surface area contributed by atoms with E-state index in [0.29, 0.717) is 18.0 Å². The predicted octanol–water partition coefficient (Wildman–Crippen LogP) is 2.04. The molecule has 100 valence electrons. The molecule has 18 heavy (non-hydrogen) atoms. The number of allylic oxidation sites excluding steroid dienone is 2. The second-order valence-corrected chi connectivity index (χ2v) is 4.48. The van der Waals surface area contributed by atoms with Crippen LogP contribution in [-0.4, -0.2) is 30.4 Å². The Morgan fingerprint density at radius 2 is 1.89 bits per heavy atom. The van der Waals surface area contributed by atoms with Crippen molar-refractivity contribution >= 4 is 17.3 Å². The lowest BCUT2D eigenvalue weighted by Crippen LogP contribution is -2.31. The Bertz CT molecular complexity index is 370. The Morgan fingerprint density at radius 3 is 2.56 bits per heavy atom. The number of ketones is 2. The van der Waals surface area contributed by atoms with Gasteiger partial charge in [0.2, 0.25) is 0 Å². The summed E-state index contributed by atoms with van der Waals surface area (Å²) < 4.78 is 0. The molecule has 0 fully saturated rings. The molecule has 0 heterocycles. The monoisotopic (exact) mass is 250 g/mol. The number of hydrogen-bond acceptors (Lipinski definition) is 4. The molecule has 1 rings (SSSR count). The normalized spacial score (nSPS) is 18.1. The largest absolute Gasteiger partial charge is 0.382 e. The van der Waals surface area contributed by atoms with Gasteiger partial charge in [0, 0.05) is 13.1 Å². The molecule has 0 radical (unpaired) electrons. The Balaban J connectivity index is 2.68. The Labute approximate surface area is 109 Å². The van der Waals surface area contributed by atoms with Gasteiger partial charge in [0.25, 0.3) is 0 Å². The SMILES string of the molecule is CCCCN=C1C=C(NCCCC)C(=O)CC1=O. The van der Waals surface area contributed by atoms with Crippen molar-refractivity contribution in [3.63, 3.8) is 0 Å². The minimum Gasteiger partial charge on any atom is -0.382 e. The molecule has 0 saturated carbocycles. The molecule has 0 saturated heterocycles. The predicted molar refractivity (Wildman–Crippen MR) is 72.8 cm³/mol. The number of unbranched alkanes of at least 4 members (excludes halogenated alkanes) is 2. The molecule has 0 aliphatic heterocycles. The van der Waals surface area contributed by atoms with Crippen molar-refractivity contribution in [2.24, 2.45) is 4.99 Å². The van der Waals surface area contributed by atoms with E-state index >= 15 is 0 Å². The maximum Gasteiger partial charge on any atom is 0.188 e. The van der Waals surface area contributed by atoms with Gasteiger partial charge in [-0.1, -0.05) is 26.7 Å². The summed E-state index contributed by atoms with van der Waals surface area (Å²) in [4.78, 5) is 27.6. The molecule has 4 heteroatoms. The van der Waals surface area contributed by atoms with Crippen LogP contribution in [0.3, 0.4) is 0 Å². The maximum atomic E-state index is 11.7. The van der Waals surface area contributed by atoms with Crippen LogP contribution in [0.5, 0.6) is 0 Å². The molecule has 1 N–H and O–H groups in total. The van der Waals surface area contributed by atoms with Gasteiger partial charge >= 0.3 is 0 Å². The lowest BCUT2D eigenvalue weighted by molar-refractivity contribution is -0.122. The summed E-state index contributed by atoms with van der Waals surface area (Å²) in [6.45, 7) is 5.61. The van der Waals surface area contributed by atoms with Crippen LogP contribution >= 0.6 is 0 Å². The Hall–Kier alpha value is -1.45. The van der Waals surface area contributed by atoms with Crippen molar-refractivity contribution in [2.75, 3.05) is 13.1 Å². The van der Waals surface area contributed by atoms with E-state index in [1.165, 1.54) is 0 Å². The number of hydrogen-bond donors (Lipinski definition) is 1. The van der Waals surface area contributed by atoms with Gasteiger partial charge in [0.15, 0.2) is 11.6 Å². The summed E-state index contributed by atoms with van der Waals surface area (Å²) in [5.41, 5.74) is 0.986. The zero-order valence-corrected chi connectivity index (χ0v) is 11.3. The molecule has 0 bridgehead atoms. The number of aliphatic imine (C=N–C) groups is 1. The quantitative estimate of drug-likeness (QED) is 0.555. The molecular formula is C14H22N2O2. The highest BCUT2D eigenvalue weighted by atomic mass is 16.2. The fourth-order valence-corrected chi connectivity index (χ4v) is 1.67. The highest BCUT2D eigenvalue weighted by Crippen LogP contribution is 2.08. The van der Waals surface area contributed by atoms with E-state index in [4.69, 9.17) is 0 Å². The third-order valence-electron chi connectivity index (χ3n) is 2.83. The maximum absolute atomic E-state index is 11.7. The second kappa shape index (κ2) is 7.80. The standard InChI is InChI=1S/C14H22N2O2/c1-3-5-7-15-11-9-12(16-8-6-4-2)14(18)10-13(11)17/h9,15H,3-8,10H2,1-2H3. The number of Topliss-reactive ketones (excluding diaryl/α,β-unsaturated/α-hetero) is 2. The molecule has 0 aromatic rings. The van der Waals surface area contributed by atoms with Crippen LogP contribution in [0.2, 0.25) is 0 Å². The van der Waals surface area contributed by atoms with Crippen LogP contribution in [0.1, 0.15) is 46.0 Å². The van der Waals surface area contributed by atoms with Crippen LogP contribution in [-0.2, 0) is 9.59 Å². The zero-order valence-electron chi connectivity index (χ0n) is 11.3. The average molecular weight is 250 g/mol. The van der Waals surface area contributed by atoms with Crippen LogP contribution in [0.4, 0.5) is 0 Å². The Morgan fingerprint density at radius 1 is 1.17 bits per heavy atom. The van der Waals surface area contributed by atoms with Gasteiger partial charge in [-0.05, 0) is 18.9 Å². The molecule has 0 atom stereocenters. The number of rotatable bonds is 7. The van der Waals surface area contributed by atoms with Crippen LogP contribution < -0.4 is 5.32 Å². The van der Waals surface area contributed by atoms with Crippen molar-refractivity contribution in [1.82, 2.24) is 5.32 Å². The van der Waals surface area contributed by atoms with E-state index in [9.17, 15) is 9.59 Å². The smallest absolute Gasteiger partial charge is 0.188 e. The summed E-state index contributed by atoms with van der Waals surface area (Å²) >= 11 is 0. The first-order chi connectivity index (χ1) is 8.69. The minimum atomic E-state index is -0.155. The van der Waals surface area contributed by atoms with Crippen LogP contribution in [0, 0.1) is 0 Å². The van der Waals surface area contributed by atoms with E-state index in [1.807, 2.05) is 0 Å². The summed E-state index contributed by atoms with van der Waals surface area (Å²) in [6, 6.07) is 0. The van der Waals surface area contributed by atoms with E-state index in [-0.39, 0.29) is 18.0 Å². The highest BCUT2D eigenvalue weighted by Gasteiger charge is 2.23. The molecular weight excluding hydrogens is 228 g/mol. The Kier molecular flexibility index (Phi) is 6.33. The highest BCUT2D eigenvalue weighted by molar-refractivity contribution is 6.50. The molecule has 0 amide bonds. The molecule has 4 nitrogen and oxygen atoms in total. The van der Waals surface area contributed by atoms with Gasteiger partial charge < -0.3 is 5.32 Å². The topological polar surface area (TPSA) is 58.5 Å². The van der Waals surface area contributed by atoms with Crippen molar-refractivity contribution in [1.29, 1.82) is 0 Å². The third kappa shape index (κ3) is 4.43.